The zero-order valence-electron chi connectivity index (χ0n) is 26.4. The summed E-state index contributed by atoms with van der Waals surface area (Å²) in [5.41, 5.74) is 4.97. The predicted molar refractivity (Wildman–Crippen MR) is 184 cm³/mol. The highest BCUT2D eigenvalue weighted by Crippen LogP contribution is 2.34. The Bertz CT molecular complexity index is 1810. The minimum atomic E-state index is -0.568. The van der Waals surface area contributed by atoms with Crippen LogP contribution >= 0.6 is 0 Å². The Balaban J connectivity index is 1.10. The standard InChI is InChI=1S/C36H36N6O5/c1-41-13-15-42(16-14-41)28-10-8-25(9-11-28)37-22-32-31-12-7-24(18-33(31)40-35(32)44)34(43)23-5-4-6-26(17-23)38-36(45)39-27-19-29(46-2)21-30(20-27)47-3/h4-12,17-22,32H,13-16H2,1-3H3,(H,40,44)(H2,38,39,45). The lowest BCUT2D eigenvalue weighted by atomic mass is 9.97. The van der Waals surface area contributed by atoms with Crippen LogP contribution < -0.4 is 30.3 Å². The van der Waals surface area contributed by atoms with Crippen LogP contribution in [0.5, 0.6) is 11.5 Å². The molecular weight excluding hydrogens is 596 g/mol. The van der Waals surface area contributed by atoms with Gasteiger partial charge in [0.05, 0.1) is 19.9 Å². The average molecular weight is 633 g/mol. The molecule has 0 aromatic heterocycles. The van der Waals surface area contributed by atoms with Crippen molar-refractivity contribution in [1.82, 2.24) is 4.90 Å². The van der Waals surface area contributed by atoms with Gasteiger partial charge in [0.15, 0.2) is 5.78 Å². The lowest BCUT2D eigenvalue weighted by Gasteiger charge is -2.34. The smallest absolute Gasteiger partial charge is 0.323 e. The number of amides is 3. The van der Waals surface area contributed by atoms with Crippen molar-refractivity contribution in [2.75, 3.05) is 68.3 Å². The fraction of sp³-hybridized carbons (Fsp3) is 0.222. The molecule has 3 amide bonds. The maximum atomic E-state index is 13.4. The lowest BCUT2D eigenvalue weighted by Crippen LogP contribution is -2.44. The van der Waals surface area contributed by atoms with Gasteiger partial charge in [0.1, 0.15) is 17.4 Å². The third kappa shape index (κ3) is 7.26. The maximum Gasteiger partial charge on any atom is 0.323 e. The summed E-state index contributed by atoms with van der Waals surface area (Å²) in [6, 6.07) is 24.4. The molecule has 1 saturated heterocycles. The van der Waals surface area contributed by atoms with Gasteiger partial charge in [0.2, 0.25) is 5.91 Å². The molecule has 2 aliphatic rings. The number of piperazine rings is 1. The summed E-state index contributed by atoms with van der Waals surface area (Å²) >= 11 is 0. The number of carbonyl (C=O) groups excluding carboxylic acids is 3. The first-order valence-electron chi connectivity index (χ1n) is 15.3. The molecule has 11 nitrogen and oxygen atoms in total. The van der Waals surface area contributed by atoms with Crippen LogP contribution in [-0.4, -0.2) is 76.3 Å². The predicted octanol–water partition coefficient (Wildman–Crippen LogP) is 5.77. The van der Waals surface area contributed by atoms with Crippen molar-refractivity contribution in [2.45, 2.75) is 5.92 Å². The maximum absolute atomic E-state index is 13.4. The first kappa shape index (κ1) is 31.3. The number of urea groups is 1. The van der Waals surface area contributed by atoms with E-state index < -0.39 is 11.9 Å². The van der Waals surface area contributed by atoms with Crippen LogP contribution in [0.2, 0.25) is 0 Å². The van der Waals surface area contributed by atoms with E-state index in [2.05, 4.69) is 49.9 Å². The van der Waals surface area contributed by atoms with Crippen molar-refractivity contribution in [3.8, 4) is 11.5 Å². The number of hydrogen-bond donors (Lipinski definition) is 3. The van der Waals surface area contributed by atoms with E-state index in [0.717, 1.165) is 43.1 Å². The lowest BCUT2D eigenvalue weighted by molar-refractivity contribution is -0.115. The second-order valence-electron chi connectivity index (χ2n) is 11.4. The summed E-state index contributed by atoms with van der Waals surface area (Å²) in [5, 5.41) is 8.39. The number of ketones is 1. The third-order valence-corrected chi connectivity index (χ3v) is 8.27. The van der Waals surface area contributed by atoms with Crippen molar-refractivity contribution >= 4 is 52.4 Å². The summed E-state index contributed by atoms with van der Waals surface area (Å²) < 4.78 is 10.5. The number of fused-ring (bicyclic) bond motifs is 1. The molecule has 1 atom stereocenters. The number of nitrogens with one attached hydrogen (secondary N) is 3. The van der Waals surface area contributed by atoms with Crippen LogP contribution in [0.15, 0.2) is 89.9 Å². The normalized spacial score (nSPS) is 16.0. The van der Waals surface area contributed by atoms with Gasteiger partial charge in [0.25, 0.3) is 0 Å². The Morgan fingerprint density at radius 2 is 1.51 bits per heavy atom. The highest BCUT2D eigenvalue weighted by Gasteiger charge is 2.30. The Labute approximate surface area is 273 Å². The van der Waals surface area contributed by atoms with Crippen molar-refractivity contribution in [1.29, 1.82) is 0 Å². The number of rotatable bonds is 9. The number of ether oxygens (including phenoxy) is 2. The van der Waals surface area contributed by atoms with Crippen LogP contribution in [0.1, 0.15) is 27.4 Å². The fourth-order valence-electron chi connectivity index (χ4n) is 5.63. The van der Waals surface area contributed by atoms with Gasteiger partial charge in [-0.1, -0.05) is 24.3 Å². The summed E-state index contributed by atoms with van der Waals surface area (Å²) in [4.78, 5) is 48.3. The molecule has 240 valence electrons. The number of methoxy groups -OCH3 is 2. The van der Waals surface area contributed by atoms with Gasteiger partial charge in [-0.15, -0.1) is 0 Å². The van der Waals surface area contributed by atoms with E-state index in [1.54, 1.807) is 66.9 Å². The Morgan fingerprint density at radius 3 is 2.21 bits per heavy atom. The molecule has 0 radical (unpaired) electrons. The van der Waals surface area contributed by atoms with Gasteiger partial charge in [-0.25, -0.2) is 4.79 Å². The topological polar surface area (TPSA) is 125 Å². The highest BCUT2D eigenvalue weighted by molar-refractivity contribution is 6.15. The SMILES string of the molecule is COc1cc(NC(=O)Nc2cccc(C(=O)c3ccc4c(c3)NC(=O)C4C=Nc3ccc(N4CCN(C)CC4)cc3)c2)cc(OC)c1. The van der Waals surface area contributed by atoms with E-state index in [1.807, 2.05) is 12.1 Å². The molecule has 2 heterocycles. The van der Waals surface area contributed by atoms with E-state index in [4.69, 9.17) is 9.47 Å². The van der Waals surface area contributed by atoms with E-state index in [-0.39, 0.29) is 11.7 Å². The van der Waals surface area contributed by atoms with Crippen molar-refractivity contribution < 1.29 is 23.9 Å². The molecule has 3 N–H and O–H groups in total. The van der Waals surface area contributed by atoms with Gasteiger partial charge in [-0.05, 0) is 55.1 Å². The average Bonchev–Trinajstić information content (AvgIpc) is 3.41. The zero-order valence-corrected chi connectivity index (χ0v) is 26.4. The van der Waals surface area contributed by atoms with E-state index >= 15 is 0 Å². The Morgan fingerprint density at radius 1 is 0.830 bits per heavy atom. The second-order valence-corrected chi connectivity index (χ2v) is 11.4. The number of likely N-dealkylation sites (N-methyl/N-ethyl adjacent to an activating group) is 1. The van der Waals surface area contributed by atoms with Crippen LogP contribution in [-0.2, 0) is 4.79 Å². The fourth-order valence-corrected chi connectivity index (χ4v) is 5.63. The first-order chi connectivity index (χ1) is 22.8. The molecule has 0 bridgehead atoms. The van der Waals surface area contributed by atoms with Crippen molar-refractivity contribution in [2.24, 2.45) is 4.99 Å². The Hall–Kier alpha value is -5.68. The molecule has 0 saturated carbocycles. The van der Waals surface area contributed by atoms with Crippen molar-refractivity contribution in [3.63, 3.8) is 0 Å². The number of carbonyl (C=O) groups is 3. The van der Waals surface area contributed by atoms with Gasteiger partial charge in [0, 0.05) is 84.5 Å². The van der Waals surface area contributed by atoms with E-state index in [0.29, 0.717) is 39.7 Å². The van der Waals surface area contributed by atoms with Gasteiger partial charge >= 0.3 is 6.03 Å². The second kappa shape index (κ2) is 13.8. The molecule has 0 spiro atoms. The summed E-state index contributed by atoms with van der Waals surface area (Å²) in [5.74, 6) is 0.0437. The number of anilines is 4. The van der Waals surface area contributed by atoms with Crippen LogP contribution in [0.3, 0.4) is 0 Å². The van der Waals surface area contributed by atoms with E-state index in [1.165, 1.54) is 14.2 Å². The first-order valence-corrected chi connectivity index (χ1v) is 15.3. The molecule has 4 aromatic rings. The van der Waals surface area contributed by atoms with Crippen LogP contribution in [0.4, 0.5) is 33.2 Å². The van der Waals surface area contributed by atoms with Gasteiger partial charge in [-0.3, -0.25) is 14.6 Å². The number of nitrogens with zero attached hydrogens (tertiary/aromatic N) is 3. The number of hydrogen-bond acceptors (Lipinski definition) is 8. The van der Waals surface area contributed by atoms with Gasteiger partial charge in [-0.2, -0.15) is 0 Å². The highest BCUT2D eigenvalue weighted by atomic mass is 16.5. The van der Waals surface area contributed by atoms with Crippen molar-refractivity contribution in [3.05, 3.63) is 102 Å². The largest absolute Gasteiger partial charge is 0.497 e. The quantitative estimate of drug-likeness (QED) is 0.158. The third-order valence-electron chi connectivity index (χ3n) is 8.27. The number of aliphatic imine (C=N–C) groups is 1. The van der Waals surface area contributed by atoms with Crippen LogP contribution in [0, 0.1) is 0 Å². The molecule has 6 rings (SSSR count). The molecule has 47 heavy (non-hydrogen) atoms. The molecule has 11 heteroatoms. The number of benzene rings is 4. The molecule has 4 aromatic carbocycles. The van der Waals surface area contributed by atoms with E-state index in [9.17, 15) is 14.4 Å². The summed E-state index contributed by atoms with van der Waals surface area (Å²) in [7, 11) is 5.19. The summed E-state index contributed by atoms with van der Waals surface area (Å²) in [6.45, 7) is 4.05. The monoisotopic (exact) mass is 632 g/mol. The molecule has 2 aliphatic heterocycles. The minimum Gasteiger partial charge on any atom is -0.497 e. The zero-order chi connectivity index (χ0) is 32.9. The Kier molecular flexibility index (Phi) is 9.16. The summed E-state index contributed by atoms with van der Waals surface area (Å²) in [6.07, 6.45) is 1.65. The molecular formula is C36H36N6O5. The van der Waals surface area contributed by atoms with Crippen LogP contribution in [0.25, 0.3) is 0 Å². The molecule has 1 fully saturated rings. The molecule has 1 unspecified atom stereocenters. The molecule has 0 aliphatic carbocycles. The van der Waals surface area contributed by atoms with Gasteiger partial charge < -0.3 is 35.2 Å². The minimum absolute atomic E-state index is 0.201.